The molecule has 0 aliphatic heterocycles. The topological polar surface area (TPSA) is 63.6 Å². The molecule has 0 saturated carbocycles. The summed E-state index contributed by atoms with van der Waals surface area (Å²) < 4.78 is 37.9. The lowest BCUT2D eigenvalue weighted by molar-refractivity contribution is 0.396. The number of hydrogen-bond donors (Lipinski definition) is 1. The highest BCUT2D eigenvalue weighted by atomic mass is 32.2. The summed E-state index contributed by atoms with van der Waals surface area (Å²) in [7, 11) is -2.85. The molecule has 0 spiro atoms. The van der Waals surface area contributed by atoms with Crippen molar-refractivity contribution in [2.45, 2.75) is 102 Å². The van der Waals surface area contributed by atoms with E-state index in [1.54, 1.807) is 18.2 Å². The number of aryl methyl sites for hydroxylation is 1. The van der Waals surface area contributed by atoms with Crippen molar-refractivity contribution in [3.8, 4) is 5.75 Å². The predicted molar refractivity (Wildman–Crippen MR) is 112 cm³/mol. The van der Waals surface area contributed by atoms with Crippen molar-refractivity contribution < 1.29 is 17.7 Å². The minimum atomic E-state index is -4.27. The molecule has 0 amide bonds. The molecule has 0 aliphatic carbocycles. The van der Waals surface area contributed by atoms with Gasteiger partial charge >= 0.3 is 0 Å². The zero-order valence-electron chi connectivity index (χ0n) is 17.2. The van der Waals surface area contributed by atoms with Crippen molar-refractivity contribution in [3.05, 3.63) is 23.8 Å². The Labute approximate surface area is 166 Å². The SMILES string of the molecule is CCCCCCCCCCCCCCCc1cccc(OC)c1S(=O)(=O)O. The highest BCUT2D eigenvalue weighted by Gasteiger charge is 2.20. The molecule has 0 unspecified atom stereocenters. The average Bonchev–Trinajstić information content (AvgIpc) is 2.64. The Balaban J connectivity index is 2.16. The molecule has 1 rings (SSSR count). The van der Waals surface area contributed by atoms with Gasteiger partial charge in [-0.15, -0.1) is 0 Å². The molecule has 1 aromatic carbocycles. The average molecular weight is 399 g/mol. The molecule has 5 heteroatoms. The van der Waals surface area contributed by atoms with Crippen LogP contribution in [0.25, 0.3) is 0 Å². The molecule has 0 bridgehead atoms. The van der Waals surface area contributed by atoms with Crippen molar-refractivity contribution in [2.24, 2.45) is 0 Å². The van der Waals surface area contributed by atoms with E-state index in [4.69, 9.17) is 4.74 Å². The summed E-state index contributed by atoms with van der Waals surface area (Å²) in [4.78, 5) is -0.0774. The van der Waals surface area contributed by atoms with E-state index in [9.17, 15) is 13.0 Å². The quantitative estimate of drug-likeness (QED) is 0.252. The fraction of sp³-hybridized carbons (Fsp3) is 0.727. The first-order valence-corrected chi connectivity index (χ1v) is 12.1. The second-order valence-corrected chi connectivity index (χ2v) is 8.77. The van der Waals surface area contributed by atoms with Gasteiger partial charge < -0.3 is 4.74 Å². The van der Waals surface area contributed by atoms with Gasteiger partial charge in [0, 0.05) is 0 Å². The highest BCUT2D eigenvalue weighted by Crippen LogP contribution is 2.28. The van der Waals surface area contributed by atoms with Gasteiger partial charge in [0.15, 0.2) is 0 Å². The van der Waals surface area contributed by atoms with E-state index in [1.165, 1.54) is 77.7 Å². The molecular formula is C22H38O4S. The summed E-state index contributed by atoms with van der Waals surface area (Å²) in [6.45, 7) is 2.25. The van der Waals surface area contributed by atoms with Crippen molar-refractivity contribution in [1.82, 2.24) is 0 Å². The van der Waals surface area contributed by atoms with Crippen molar-refractivity contribution in [2.75, 3.05) is 7.11 Å². The van der Waals surface area contributed by atoms with E-state index in [1.807, 2.05) is 0 Å². The van der Waals surface area contributed by atoms with Crippen LogP contribution < -0.4 is 4.74 Å². The monoisotopic (exact) mass is 398 g/mol. The molecule has 0 saturated heterocycles. The van der Waals surface area contributed by atoms with E-state index < -0.39 is 10.1 Å². The molecule has 0 fully saturated rings. The number of rotatable bonds is 16. The summed E-state index contributed by atoms with van der Waals surface area (Å²) in [5.41, 5.74) is 0.639. The van der Waals surface area contributed by atoms with Crippen LogP contribution in [0.1, 0.15) is 96.0 Å². The first-order chi connectivity index (χ1) is 13.0. The number of ether oxygens (including phenoxy) is 1. The lowest BCUT2D eigenvalue weighted by atomic mass is 10.0. The van der Waals surface area contributed by atoms with Crippen molar-refractivity contribution >= 4 is 10.1 Å². The largest absolute Gasteiger partial charge is 0.495 e. The van der Waals surface area contributed by atoms with Crippen LogP contribution in [0.2, 0.25) is 0 Å². The van der Waals surface area contributed by atoms with Crippen LogP contribution in [0.3, 0.4) is 0 Å². The maximum Gasteiger partial charge on any atom is 0.298 e. The van der Waals surface area contributed by atoms with Gasteiger partial charge in [-0.3, -0.25) is 4.55 Å². The van der Waals surface area contributed by atoms with Gasteiger partial charge in [-0.25, -0.2) is 0 Å². The molecule has 4 nitrogen and oxygen atoms in total. The van der Waals surface area contributed by atoms with Crippen molar-refractivity contribution in [1.29, 1.82) is 0 Å². The Kier molecular flexibility index (Phi) is 12.4. The van der Waals surface area contributed by atoms with Gasteiger partial charge in [-0.2, -0.15) is 8.42 Å². The minimum absolute atomic E-state index is 0.0774. The zero-order valence-corrected chi connectivity index (χ0v) is 18.0. The van der Waals surface area contributed by atoms with E-state index in [0.29, 0.717) is 12.0 Å². The Morgan fingerprint density at radius 3 is 1.74 bits per heavy atom. The fourth-order valence-electron chi connectivity index (χ4n) is 3.54. The normalized spacial score (nSPS) is 11.7. The van der Waals surface area contributed by atoms with Gasteiger partial charge in [-0.1, -0.05) is 96.1 Å². The van der Waals surface area contributed by atoms with Gasteiger partial charge in [0.2, 0.25) is 0 Å². The smallest absolute Gasteiger partial charge is 0.298 e. The van der Waals surface area contributed by atoms with Crippen LogP contribution in [-0.2, 0) is 16.5 Å². The molecule has 0 heterocycles. The third-order valence-electron chi connectivity index (χ3n) is 5.09. The number of benzene rings is 1. The van der Waals surface area contributed by atoms with Crippen LogP contribution in [-0.4, -0.2) is 20.1 Å². The van der Waals surface area contributed by atoms with E-state index in [0.717, 1.165) is 12.8 Å². The molecular weight excluding hydrogens is 360 g/mol. The lowest BCUT2D eigenvalue weighted by Gasteiger charge is -2.11. The molecule has 0 radical (unpaired) electrons. The summed E-state index contributed by atoms with van der Waals surface area (Å²) in [6.07, 6.45) is 17.3. The van der Waals surface area contributed by atoms with Crippen LogP contribution in [0, 0.1) is 0 Å². The number of hydrogen-bond acceptors (Lipinski definition) is 3. The number of unbranched alkanes of at least 4 members (excludes halogenated alkanes) is 12. The third-order valence-corrected chi connectivity index (χ3v) is 6.07. The first kappa shape index (κ1) is 24.0. The Bertz CT molecular complexity index is 611. The van der Waals surface area contributed by atoms with Gasteiger partial charge in [-0.05, 0) is 24.5 Å². The van der Waals surface area contributed by atoms with E-state index >= 15 is 0 Å². The molecule has 156 valence electrons. The number of methoxy groups -OCH3 is 1. The Morgan fingerprint density at radius 2 is 1.30 bits per heavy atom. The van der Waals surface area contributed by atoms with Crippen LogP contribution in [0.5, 0.6) is 5.75 Å². The molecule has 1 N–H and O–H groups in total. The van der Waals surface area contributed by atoms with Gasteiger partial charge in [0.05, 0.1) is 7.11 Å². The molecule has 1 aromatic rings. The molecule has 27 heavy (non-hydrogen) atoms. The summed E-state index contributed by atoms with van der Waals surface area (Å²) in [5, 5.41) is 0. The third kappa shape index (κ3) is 10.2. The van der Waals surface area contributed by atoms with Gasteiger partial charge in [0.25, 0.3) is 10.1 Å². The van der Waals surface area contributed by atoms with Crippen LogP contribution in [0.15, 0.2) is 23.1 Å². The highest BCUT2D eigenvalue weighted by molar-refractivity contribution is 7.86. The second-order valence-electron chi connectivity index (χ2n) is 7.42. The predicted octanol–water partition coefficient (Wildman–Crippen LogP) is 6.58. The molecule has 0 aliphatic rings. The first-order valence-electron chi connectivity index (χ1n) is 10.6. The summed E-state index contributed by atoms with van der Waals surface area (Å²) >= 11 is 0. The second kappa shape index (κ2) is 14.0. The Morgan fingerprint density at radius 1 is 0.815 bits per heavy atom. The Hall–Kier alpha value is -1.07. The van der Waals surface area contributed by atoms with Crippen molar-refractivity contribution in [3.63, 3.8) is 0 Å². The fourth-order valence-corrected chi connectivity index (χ4v) is 4.45. The molecule has 0 atom stereocenters. The van der Waals surface area contributed by atoms with E-state index in [-0.39, 0.29) is 10.6 Å². The van der Waals surface area contributed by atoms with Crippen LogP contribution >= 0.6 is 0 Å². The minimum Gasteiger partial charge on any atom is -0.495 e. The van der Waals surface area contributed by atoms with E-state index in [2.05, 4.69) is 6.92 Å². The lowest BCUT2D eigenvalue weighted by Crippen LogP contribution is -2.06. The standard InChI is InChI=1S/C22H38O4S/c1-3-4-5-6-7-8-9-10-11-12-13-14-15-17-20-18-16-19-21(26-2)22(20)27(23,24)25/h16,18-19H,3-15,17H2,1-2H3,(H,23,24,25). The van der Waals surface area contributed by atoms with Crippen LogP contribution in [0.4, 0.5) is 0 Å². The summed E-state index contributed by atoms with van der Waals surface area (Å²) in [6, 6.07) is 5.09. The maximum atomic E-state index is 11.6. The summed E-state index contributed by atoms with van der Waals surface area (Å²) in [5.74, 6) is 0.213. The zero-order chi connectivity index (χ0) is 20.0. The molecule has 0 aromatic heterocycles. The van der Waals surface area contributed by atoms with Gasteiger partial charge in [0.1, 0.15) is 10.6 Å². The maximum absolute atomic E-state index is 11.6.